The van der Waals surface area contributed by atoms with E-state index in [2.05, 4.69) is 17.4 Å². The van der Waals surface area contributed by atoms with Crippen LogP contribution in [-0.2, 0) is 6.42 Å². The number of anilines is 2. The molecule has 5 heteroatoms. The van der Waals surface area contributed by atoms with Gasteiger partial charge in [0.05, 0.1) is 11.4 Å². The molecule has 3 rings (SSSR count). The number of hydrogen-bond donors (Lipinski definition) is 2. The normalized spacial score (nSPS) is 17.0. The summed E-state index contributed by atoms with van der Waals surface area (Å²) in [5, 5.41) is 4.02. The summed E-state index contributed by atoms with van der Waals surface area (Å²) in [6, 6.07) is 14.6. The molecule has 1 heterocycles. The Bertz CT molecular complexity index is 679. The Morgan fingerprint density at radius 1 is 1.12 bits per heavy atom. The SMILES string of the molecule is NC(=O)N(c1ccc(Cl)cc1)c1ccc(CCC2CCNC2)cc1. The fraction of sp³-hybridized carbons (Fsp3) is 0.316. The molecule has 0 aromatic heterocycles. The predicted molar refractivity (Wildman–Crippen MR) is 98.9 cm³/mol. The lowest BCUT2D eigenvalue weighted by Crippen LogP contribution is -2.31. The maximum absolute atomic E-state index is 11.9. The van der Waals surface area contributed by atoms with E-state index in [4.69, 9.17) is 17.3 Å². The Morgan fingerprint density at radius 3 is 2.29 bits per heavy atom. The summed E-state index contributed by atoms with van der Waals surface area (Å²) >= 11 is 5.91. The standard InChI is InChI=1S/C19H22ClN3O/c20-16-5-9-18(10-6-16)23(19(21)24)17-7-3-14(4-8-17)1-2-15-11-12-22-13-15/h3-10,15,22H,1-2,11-13H2,(H2,21,24). The van der Waals surface area contributed by atoms with Gasteiger partial charge in [-0.2, -0.15) is 0 Å². The fourth-order valence-electron chi connectivity index (χ4n) is 3.14. The van der Waals surface area contributed by atoms with Gasteiger partial charge in [0.15, 0.2) is 0 Å². The van der Waals surface area contributed by atoms with Gasteiger partial charge in [-0.05, 0) is 80.2 Å². The largest absolute Gasteiger partial charge is 0.351 e. The quantitative estimate of drug-likeness (QED) is 0.858. The Kier molecular flexibility index (Phi) is 5.38. The minimum Gasteiger partial charge on any atom is -0.351 e. The van der Waals surface area contributed by atoms with Gasteiger partial charge >= 0.3 is 6.03 Å². The van der Waals surface area contributed by atoms with Crippen LogP contribution in [0.15, 0.2) is 48.5 Å². The van der Waals surface area contributed by atoms with Crippen molar-refractivity contribution in [1.29, 1.82) is 0 Å². The number of aryl methyl sites for hydroxylation is 1. The highest BCUT2D eigenvalue weighted by Crippen LogP contribution is 2.27. The van der Waals surface area contributed by atoms with Crippen molar-refractivity contribution >= 4 is 29.0 Å². The van der Waals surface area contributed by atoms with Gasteiger partial charge in [0.2, 0.25) is 0 Å². The van der Waals surface area contributed by atoms with Gasteiger partial charge in [-0.3, -0.25) is 4.90 Å². The number of rotatable bonds is 5. The van der Waals surface area contributed by atoms with Crippen LogP contribution in [0.1, 0.15) is 18.4 Å². The lowest BCUT2D eigenvalue weighted by Gasteiger charge is -2.21. The summed E-state index contributed by atoms with van der Waals surface area (Å²) in [5.74, 6) is 0.779. The molecule has 0 saturated carbocycles. The third-order valence-corrected chi connectivity index (χ3v) is 4.76. The van der Waals surface area contributed by atoms with E-state index in [1.54, 1.807) is 24.3 Å². The Labute approximate surface area is 147 Å². The molecule has 3 N–H and O–H groups in total. The maximum atomic E-state index is 11.9. The first kappa shape index (κ1) is 16.8. The molecule has 0 aliphatic carbocycles. The van der Waals surface area contributed by atoms with Gasteiger partial charge in [-0.25, -0.2) is 4.79 Å². The van der Waals surface area contributed by atoms with E-state index in [1.165, 1.54) is 23.3 Å². The van der Waals surface area contributed by atoms with Crippen molar-refractivity contribution < 1.29 is 4.79 Å². The van der Waals surface area contributed by atoms with Crippen molar-refractivity contribution in [2.45, 2.75) is 19.3 Å². The summed E-state index contributed by atoms with van der Waals surface area (Å²) < 4.78 is 0. The second-order valence-electron chi connectivity index (χ2n) is 6.21. The van der Waals surface area contributed by atoms with Gasteiger partial charge in [-0.15, -0.1) is 0 Å². The van der Waals surface area contributed by atoms with Crippen LogP contribution in [0.3, 0.4) is 0 Å². The fourth-order valence-corrected chi connectivity index (χ4v) is 3.26. The van der Waals surface area contributed by atoms with E-state index in [0.29, 0.717) is 10.7 Å². The van der Waals surface area contributed by atoms with Gasteiger partial charge in [0, 0.05) is 5.02 Å². The van der Waals surface area contributed by atoms with Crippen LogP contribution < -0.4 is 16.0 Å². The van der Waals surface area contributed by atoms with Crippen LogP contribution in [0.4, 0.5) is 16.2 Å². The van der Waals surface area contributed by atoms with Crippen LogP contribution in [0, 0.1) is 5.92 Å². The van der Waals surface area contributed by atoms with Crippen molar-refractivity contribution in [1.82, 2.24) is 5.32 Å². The van der Waals surface area contributed by atoms with E-state index in [9.17, 15) is 4.79 Å². The highest BCUT2D eigenvalue weighted by molar-refractivity contribution is 6.30. The molecule has 2 amide bonds. The van der Waals surface area contributed by atoms with Crippen LogP contribution in [0.25, 0.3) is 0 Å². The van der Waals surface area contributed by atoms with E-state index in [-0.39, 0.29) is 0 Å². The van der Waals surface area contributed by atoms with E-state index >= 15 is 0 Å². The second kappa shape index (κ2) is 7.69. The topological polar surface area (TPSA) is 58.4 Å². The third-order valence-electron chi connectivity index (χ3n) is 4.50. The Balaban J connectivity index is 1.71. The summed E-state index contributed by atoms with van der Waals surface area (Å²) in [6.07, 6.45) is 3.53. The summed E-state index contributed by atoms with van der Waals surface area (Å²) in [4.78, 5) is 13.4. The number of carbonyl (C=O) groups is 1. The van der Waals surface area contributed by atoms with Gasteiger partial charge in [-0.1, -0.05) is 23.7 Å². The van der Waals surface area contributed by atoms with Crippen molar-refractivity contribution in [3.63, 3.8) is 0 Å². The molecular formula is C19H22ClN3O. The van der Waals surface area contributed by atoms with Crippen molar-refractivity contribution in [3.8, 4) is 0 Å². The average molecular weight is 344 g/mol. The number of nitrogens with zero attached hydrogens (tertiary/aromatic N) is 1. The molecule has 1 aliphatic rings. The molecule has 0 bridgehead atoms. The zero-order valence-corrected chi connectivity index (χ0v) is 14.3. The minimum atomic E-state index is -0.512. The van der Waals surface area contributed by atoms with E-state index < -0.39 is 6.03 Å². The Hall–Kier alpha value is -2.04. The molecule has 126 valence electrons. The molecule has 24 heavy (non-hydrogen) atoms. The molecule has 4 nitrogen and oxygen atoms in total. The van der Waals surface area contributed by atoms with Crippen molar-refractivity contribution in [2.24, 2.45) is 11.7 Å². The first-order chi connectivity index (χ1) is 11.6. The number of halogens is 1. The highest BCUT2D eigenvalue weighted by Gasteiger charge is 2.16. The number of hydrogen-bond acceptors (Lipinski definition) is 2. The minimum absolute atomic E-state index is 0.512. The molecule has 1 atom stereocenters. The van der Waals surface area contributed by atoms with Crippen LogP contribution in [0.5, 0.6) is 0 Å². The third kappa shape index (κ3) is 4.08. The number of nitrogens with two attached hydrogens (primary N) is 1. The molecule has 1 unspecified atom stereocenters. The number of urea groups is 1. The summed E-state index contributed by atoms with van der Waals surface area (Å²) in [6.45, 7) is 2.27. The molecule has 1 aliphatic heterocycles. The monoisotopic (exact) mass is 343 g/mol. The second-order valence-corrected chi connectivity index (χ2v) is 6.65. The molecule has 1 saturated heterocycles. The van der Waals surface area contributed by atoms with E-state index in [1.807, 2.05) is 12.1 Å². The summed E-state index contributed by atoms with van der Waals surface area (Å²) in [5.41, 5.74) is 8.31. The number of nitrogens with one attached hydrogen (secondary N) is 1. The van der Waals surface area contributed by atoms with Crippen molar-refractivity contribution in [3.05, 3.63) is 59.1 Å². The zero-order chi connectivity index (χ0) is 16.9. The molecule has 2 aromatic rings. The number of primary amides is 1. The first-order valence-corrected chi connectivity index (χ1v) is 8.66. The van der Waals surface area contributed by atoms with Crippen LogP contribution >= 0.6 is 11.6 Å². The highest BCUT2D eigenvalue weighted by atomic mass is 35.5. The Morgan fingerprint density at radius 2 is 1.75 bits per heavy atom. The van der Waals surface area contributed by atoms with Crippen LogP contribution in [-0.4, -0.2) is 19.1 Å². The van der Waals surface area contributed by atoms with Crippen LogP contribution in [0.2, 0.25) is 5.02 Å². The van der Waals surface area contributed by atoms with Gasteiger partial charge in [0.1, 0.15) is 0 Å². The van der Waals surface area contributed by atoms with E-state index in [0.717, 1.165) is 31.1 Å². The van der Waals surface area contributed by atoms with Crippen molar-refractivity contribution in [2.75, 3.05) is 18.0 Å². The molecule has 1 fully saturated rings. The lowest BCUT2D eigenvalue weighted by molar-refractivity contribution is 0.256. The maximum Gasteiger partial charge on any atom is 0.323 e. The first-order valence-electron chi connectivity index (χ1n) is 8.28. The predicted octanol–water partition coefficient (Wildman–Crippen LogP) is 4.10. The van der Waals surface area contributed by atoms with Gasteiger partial charge < -0.3 is 11.1 Å². The molecular weight excluding hydrogens is 322 g/mol. The number of carbonyl (C=O) groups excluding carboxylic acids is 1. The zero-order valence-electron chi connectivity index (χ0n) is 13.5. The lowest BCUT2D eigenvalue weighted by atomic mass is 9.99. The molecule has 2 aromatic carbocycles. The summed E-state index contributed by atoms with van der Waals surface area (Å²) in [7, 11) is 0. The number of amides is 2. The molecule has 0 radical (unpaired) electrons. The van der Waals surface area contributed by atoms with Gasteiger partial charge in [0.25, 0.3) is 0 Å². The average Bonchev–Trinajstić information content (AvgIpc) is 3.09. The number of benzene rings is 2. The molecule has 0 spiro atoms. The smallest absolute Gasteiger partial charge is 0.323 e.